The molecule has 2 aromatic carbocycles. The Kier molecular flexibility index (Phi) is 5.38. The van der Waals surface area contributed by atoms with Gasteiger partial charge < -0.3 is 20.4 Å². The maximum Gasteiger partial charge on any atom is 0.419 e. The van der Waals surface area contributed by atoms with Gasteiger partial charge in [0.25, 0.3) is 0 Å². The summed E-state index contributed by atoms with van der Waals surface area (Å²) in [6, 6.07) is 13.2. The Balaban J connectivity index is 1.69. The van der Waals surface area contributed by atoms with Crippen LogP contribution in [0.5, 0.6) is 0 Å². The quantitative estimate of drug-likeness (QED) is 0.354. The minimum atomic E-state index is -4.58. The second-order valence-electron chi connectivity index (χ2n) is 6.78. The summed E-state index contributed by atoms with van der Waals surface area (Å²) in [7, 11) is 1.76. The highest BCUT2D eigenvalue weighted by molar-refractivity contribution is 5.78. The number of alkyl halides is 3. The zero-order chi connectivity index (χ0) is 22.0. The van der Waals surface area contributed by atoms with Crippen molar-refractivity contribution >= 4 is 34.0 Å². The molecular weight excluding hydrogens is 411 g/mol. The van der Waals surface area contributed by atoms with Crippen LogP contribution in [0.15, 0.2) is 63.9 Å². The maximum absolute atomic E-state index is 13.6. The lowest BCUT2D eigenvalue weighted by Gasteiger charge is -2.18. The van der Waals surface area contributed by atoms with Gasteiger partial charge in [-0.15, -0.1) is 0 Å². The van der Waals surface area contributed by atoms with Crippen molar-refractivity contribution in [3.05, 3.63) is 76.4 Å². The molecule has 2 aromatic heterocycles. The topological polar surface area (TPSA) is 95.0 Å². The molecule has 0 radical (unpaired) electrons. The van der Waals surface area contributed by atoms with E-state index in [-0.39, 0.29) is 11.5 Å². The maximum atomic E-state index is 13.6. The number of hydrogen-bond acceptors (Lipinski definition) is 6. The van der Waals surface area contributed by atoms with E-state index in [0.29, 0.717) is 29.0 Å². The minimum absolute atomic E-state index is 0.136. The average molecular weight is 429 g/mol. The summed E-state index contributed by atoms with van der Waals surface area (Å²) in [5.41, 5.74) is 1.68. The van der Waals surface area contributed by atoms with Crippen molar-refractivity contribution in [3.63, 3.8) is 0 Å². The first-order valence-electron chi connectivity index (χ1n) is 9.30. The predicted molar refractivity (Wildman–Crippen MR) is 112 cm³/mol. The summed E-state index contributed by atoms with van der Waals surface area (Å²) >= 11 is 0. The van der Waals surface area contributed by atoms with Crippen molar-refractivity contribution in [2.75, 3.05) is 17.7 Å². The second-order valence-corrected chi connectivity index (χ2v) is 6.78. The van der Waals surface area contributed by atoms with Crippen LogP contribution in [0.3, 0.4) is 0 Å². The number of anilines is 4. The molecule has 4 N–H and O–H groups in total. The molecule has 0 saturated heterocycles. The molecule has 160 valence electrons. The third-order valence-electron chi connectivity index (χ3n) is 4.56. The molecule has 0 amide bonds. The van der Waals surface area contributed by atoms with E-state index in [4.69, 9.17) is 4.42 Å². The van der Waals surface area contributed by atoms with Gasteiger partial charge in [-0.3, -0.25) is 4.98 Å². The van der Waals surface area contributed by atoms with E-state index in [0.717, 1.165) is 11.8 Å². The van der Waals surface area contributed by atoms with E-state index in [1.165, 1.54) is 6.07 Å². The summed E-state index contributed by atoms with van der Waals surface area (Å²) in [6.07, 6.45) is -3.81. The van der Waals surface area contributed by atoms with Crippen molar-refractivity contribution in [2.24, 2.45) is 0 Å². The van der Waals surface area contributed by atoms with Crippen LogP contribution in [0.1, 0.15) is 11.1 Å². The monoisotopic (exact) mass is 429 g/mol. The molecule has 2 heterocycles. The second kappa shape index (κ2) is 8.15. The van der Waals surface area contributed by atoms with Crippen molar-refractivity contribution in [1.29, 1.82) is 0 Å². The number of pyridine rings is 1. The minimum Gasteiger partial charge on any atom is -0.408 e. The van der Waals surface area contributed by atoms with E-state index < -0.39 is 17.5 Å². The van der Waals surface area contributed by atoms with Crippen LogP contribution in [0.2, 0.25) is 0 Å². The molecule has 10 heteroatoms. The van der Waals surface area contributed by atoms with Gasteiger partial charge in [0.2, 0.25) is 0 Å². The molecular formula is C21H18F3N5O2. The van der Waals surface area contributed by atoms with Crippen LogP contribution in [-0.2, 0) is 12.7 Å². The van der Waals surface area contributed by atoms with Gasteiger partial charge in [-0.1, -0.05) is 18.2 Å². The Morgan fingerprint density at radius 3 is 2.65 bits per heavy atom. The average Bonchev–Trinajstić information content (AvgIpc) is 3.08. The van der Waals surface area contributed by atoms with E-state index in [2.05, 4.69) is 25.9 Å². The number of rotatable bonds is 6. The highest BCUT2D eigenvalue weighted by Crippen LogP contribution is 2.37. The first-order valence-corrected chi connectivity index (χ1v) is 9.30. The fourth-order valence-electron chi connectivity index (χ4n) is 3.16. The fraction of sp³-hybridized carbons (Fsp3) is 0.143. The van der Waals surface area contributed by atoms with Crippen molar-refractivity contribution < 1.29 is 17.6 Å². The van der Waals surface area contributed by atoms with Crippen LogP contribution in [0.4, 0.5) is 36.1 Å². The number of aromatic amines is 1. The summed E-state index contributed by atoms with van der Waals surface area (Å²) in [4.78, 5) is 17.7. The Labute approximate surface area is 174 Å². The fourth-order valence-corrected chi connectivity index (χ4v) is 3.16. The van der Waals surface area contributed by atoms with E-state index in [1.54, 1.807) is 37.4 Å². The van der Waals surface area contributed by atoms with Gasteiger partial charge in [-0.2, -0.15) is 13.2 Å². The van der Waals surface area contributed by atoms with E-state index >= 15 is 0 Å². The van der Waals surface area contributed by atoms with E-state index in [1.807, 2.05) is 12.1 Å². The number of halogens is 3. The molecule has 31 heavy (non-hydrogen) atoms. The van der Waals surface area contributed by atoms with Crippen LogP contribution in [0, 0.1) is 0 Å². The molecule has 4 rings (SSSR count). The van der Waals surface area contributed by atoms with Gasteiger partial charge in [0.05, 0.1) is 16.8 Å². The van der Waals surface area contributed by atoms with Crippen LogP contribution in [0.25, 0.3) is 11.1 Å². The lowest BCUT2D eigenvalue weighted by molar-refractivity contribution is -0.137. The van der Waals surface area contributed by atoms with Gasteiger partial charge in [0.1, 0.15) is 5.82 Å². The van der Waals surface area contributed by atoms with Crippen LogP contribution < -0.4 is 21.7 Å². The van der Waals surface area contributed by atoms with Gasteiger partial charge in [0.15, 0.2) is 5.58 Å². The summed E-state index contributed by atoms with van der Waals surface area (Å²) in [5, 5.41) is 8.82. The van der Waals surface area contributed by atoms with Crippen LogP contribution >= 0.6 is 0 Å². The lowest BCUT2D eigenvalue weighted by atomic mass is 10.1. The number of para-hydroxylation sites is 1. The third kappa shape index (κ3) is 4.53. The number of hydrogen-bond donors (Lipinski definition) is 4. The number of H-pyrrole nitrogens is 1. The molecule has 0 fully saturated rings. The highest BCUT2D eigenvalue weighted by atomic mass is 19.4. The first-order chi connectivity index (χ1) is 14.8. The number of benzene rings is 2. The predicted octanol–water partition coefficient (Wildman–Crippen LogP) is 4.74. The number of nitrogens with zero attached hydrogens (tertiary/aromatic N) is 1. The highest BCUT2D eigenvalue weighted by Gasteiger charge is 2.34. The molecule has 7 nitrogen and oxygen atoms in total. The Morgan fingerprint density at radius 1 is 1.06 bits per heavy atom. The van der Waals surface area contributed by atoms with Crippen LogP contribution in [-0.4, -0.2) is 17.0 Å². The third-order valence-corrected chi connectivity index (χ3v) is 4.56. The van der Waals surface area contributed by atoms with E-state index in [9.17, 15) is 18.0 Å². The smallest absolute Gasteiger partial charge is 0.408 e. The summed E-state index contributed by atoms with van der Waals surface area (Å²) in [6.45, 7) is 0.489. The summed E-state index contributed by atoms with van der Waals surface area (Å²) < 4.78 is 45.7. The first kappa shape index (κ1) is 20.5. The molecule has 0 unspecified atom stereocenters. The summed E-state index contributed by atoms with van der Waals surface area (Å²) in [5.74, 6) is -0.398. The molecule has 0 bridgehead atoms. The largest absolute Gasteiger partial charge is 0.419 e. The normalized spacial score (nSPS) is 11.6. The number of fused-ring (bicyclic) bond motifs is 1. The standard InChI is InChI=1S/C21H18F3N5O2/c1-25-10-12-4-2-3-5-15(12)28-17-9-19(26-11-14(17)21(22,23)24)27-13-6-7-16-18(8-13)31-20(30)29-16/h2-9,11,25H,10H2,1H3,(H,29,30)(H2,26,27,28). The van der Waals surface area contributed by atoms with Gasteiger partial charge >= 0.3 is 11.9 Å². The molecule has 0 aliphatic rings. The Morgan fingerprint density at radius 2 is 1.87 bits per heavy atom. The Hall–Kier alpha value is -3.79. The zero-order valence-corrected chi connectivity index (χ0v) is 16.3. The molecule has 0 aliphatic carbocycles. The van der Waals surface area contributed by atoms with Gasteiger partial charge in [-0.25, -0.2) is 9.78 Å². The molecule has 4 aromatic rings. The number of aromatic nitrogens is 2. The zero-order valence-electron chi connectivity index (χ0n) is 16.3. The number of nitrogens with one attached hydrogen (secondary N) is 4. The SMILES string of the molecule is CNCc1ccccc1Nc1cc(Nc2ccc3[nH]c(=O)oc3c2)ncc1C(F)(F)F. The number of oxazole rings is 1. The van der Waals surface area contributed by atoms with Gasteiger partial charge in [-0.05, 0) is 30.8 Å². The van der Waals surface area contributed by atoms with Crippen molar-refractivity contribution in [1.82, 2.24) is 15.3 Å². The lowest BCUT2D eigenvalue weighted by Crippen LogP contribution is -2.12. The molecule has 0 saturated carbocycles. The van der Waals surface area contributed by atoms with Crippen molar-refractivity contribution in [3.8, 4) is 0 Å². The molecule has 0 atom stereocenters. The Bertz CT molecular complexity index is 1280. The molecule has 0 aliphatic heterocycles. The van der Waals surface area contributed by atoms with Gasteiger partial charge in [0, 0.05) is 36.2 Å². The van der Waals surface area contributed by atoms with Crippen molar-refractivity contribution in [2.45, 2.75) is 12.7 Å². The molecule has 0 spiro atoms.